The molecule has 354 valence electrons. The van der Waals surface area contributed by atoms with Crippen LogP contribution in [0.25, 0.3) is 11.3 Å². The van der Waals surface area contributed by atoms with E-state index in [1.807, 2.05) is 19.1 Å². The van der Waals surface area contributed by atoms with Crippen LogP contribution < -0.4 is 26.0 Å². The quantitative estimate of drug-likeness (QED) is 0.0174. The van der Waals surface area contributed by atoms with E-state index in [4.69, 9.17) is 23.5 Å². The van der Waals surface area contributed by atoms with Crippen molar-refractivity contribution in [3.63, 3.8) is 0 Å². The number of furan rings is 1. The van der Waals surface area contributed by atoms with Crippen LogP contribution in [0.3, 0.4) is 0 Å². The number of amides is 5. The molecule has 0 aliphatic carbocycles. The predicted octanol–water partition coefficient (Wildman–Crippen LogP) is 7.00. The molecule has 1 aromatic heterocycles. The molecule has 0 bridgehead atoms. The molecule has 0 aliphatic heterocycles. The van der Waals surface area contributed by atoms with E-state index >= 15 is 0 Å². The molecule has 4 N–H and O–H groups in total. The molecule has 17 heteroatoms. The van der Waals surface area contributed by atoms with Crippen LogP contribution in [-0.4, -0.2) is 78.1 Å². The Morgan fingerprint density at radius 2 is 1.45 bits per heavy atom. The molecule has 1 heterocycles. The van der Waals surface area contributed by atoms with Crippen LogP contribution in [0.5, 0.6) is 5.75 Å². The third-order valence-electron chi connectivity index (χ3n) is 10.0. The molecule has 0 aliphatic rings. The standard InChI is InChI=1S/C49H61N5O12/c1-7-10-13-22-36(39(8-2)54(32-55)66-48(61)53-49(4,5)6)44(57)50-31-51-46(59)41-26-25-40(65-41)35-23-24-37(42(27-35)62-9-3)45(58)52-38(47(60)64-30-34-20-16-12-17-21-34)28-43(56)63-29-33-18-14-11-15-19-33/h11-12,14-21,23-27,32,36,38-39H,7-10,13,22,28-31H2,1-6H3,(H,50,57)(H,51,59)(H,52,58)(H,53,61)/t36-,38+,39-/m1/s1. The Hall–Kier alpha value is -7.17. The molecule has 17 nitrogen and oxygen atoms in total. The van der Waals surface area contributed by atoms with Crippen molar-refractivity contribution in [1.82, 2.24) is 26.3 Å². The van der Waals surface area contributed by atoms with Gasteiger partial charge in [0.15, 0.2) is 5.76 Å². The van der Waals surface area contributed by atoms with E-state index in [2.05, 4.69) is 21.3 Å². The lowest BCUT2D eigenvalue weighted by molar-refractivity contribution is -0.169. The van der Waals surface area contributed by atoms with Gasteiger partial charge in [-0.2, -0.15) is 5.06 Å². The minimum absolute atomic E-state index is 0.0266. The van der Waals surface area contributed by atoms with E-state index in [0.29, 0.717) is 36.8 Å². The zero-order valence-electron chi connectivity index (χ0n) is 38.4. The van der Waals surface area contributed by atoms with Crippen LogP contribution in [0.4, 0.5) is 4.79 Å². The summed E-state index contributed by atoms with van der Waals surface area (Å²) < 4.78 is 22.6. The smallest absolute Gasteiger partial charge is 0.432 e. The molecule has 0 saturated heterocycles. The predicted molar refractivity (Wildman–Crippen MR) is 243 cm³/mol. The van der Waals surface area contributed by atoms with E-state index < -0.39 is 65.7 Å². The van der Waals surface area contributed by atoms with E-state index in [9.17, 15) is 33.6 Å². The fourth-order valence-electron chi connectivity index (χ4n) is 6.75. The molecule has 0 fully saturated rings. The van der Waals surface area contributed by atoms with Crippen molar-refractivity contribution < 1.29 is 57.0 Å². The first kappa shape index (κ1) is 51.5. The maximum absolute atomic E-state index is 13.8. The first-order chi connectivity index (χ1) is 31.7. The monoisotopic (exact) mass is 911 g/mol. The Bertz CT molecular complexity index is 2220. The van der Waals surface area contributed by atoms with Crippen molar-refractivity contribution in [2.75, 3.05) is 13.3 Å². The van der Waals surface area contributed by atoms with Gasteiger partial charge in [0.25, 0.3) is 11.8 Å². The van der Waals surface area contributed by atoms with Gasteiger partial charge in [0.2, 0.25) is 12.3 Å². The normalized spacial score (nSPS) is 12.3. The lowest BCUT2D eigenvalue weighted by Gasteiger charge is -2.32. The summed E-state index contributed by atoms with van der Waals surface area (Å²) in [6, 6.07) is 23.4. The van der Waals surface area contributed by atoms with E-state index in [1.54, 1.807) is 95.3 Å². The van der Waals surface area contributed by atoms with Crippen molar-refractivity contribution >= 4 is 42.2 Å². The summed E-state index contributed by atoms with van der Waals surface area (Å²) in [5, 5.41) is 11.4. The fraction of sp³-hybridized carbons (Fsp3) is 0.408. The van der Waals surface area contributed by atoms with Gasteiger partial charge in [-0.25, -0.2) is 9.59 Å². The first-order valence-corrected chi connectivity index (χ1v) is 22.0. The second kappa shape index (κ2) is 26.0. The van der Waals surface area contributed by atoms with Gasteiger partial charge >= 0.3 is 18.0 Å². The number of esters is 2. The van der Waals surface area contributed by atoms with Crippen LogP contribution in [0, 0.1) is 5.92 Å². The van der Waals surface area contributed by atoms with Gasteiger partial charge in [-0.1, -0.05) is 99.8 Å². The van der Waals surface area contributed by atoms with Gasteiger partial charge in [-0.05, 0) is 75.9 Å². The van der Waals surface area contributed by atoms with Crippen LogP contribution in [0.2, 0.25) is 0 Å². The third-order valence-corrected chi connectivity index (χ3v) is 10.0. The van der Waals surface area contributed by atoms with Gasteiger partial charge in [-0.3, -0.25) is 24.0 Å². The highest BCUT2D eigenvalue weighted by Gasteiger charge is 2.34. The van der Waals surface area contributed by atoms with Crippen LogP contribution in [-0.2, 0) is 46.7 Å². The molecule has 4 aromatic rings. The van der Waals surface area contributed by atoms with Crippen LogP contribution in [0.1, 0.15) is 112 Å². The topological polar surface area (TPSA) is 221 Å². The number of hydrogen-bond acceptors (Lipinski definition) is 12. The summed E-state index contributed by atoms with van der Waals surface area (Å²) in [6.45, 7) is 10.6. The molecule has 0 spiro atoms. The van der Waals surface area contributed by atoms with Gasteiger partial charge in [0, 0.05) is 11.1 Å². The molecule has 5 amide bonds. The maximum Gasteiger partial charge on any atom is 0.432 e. The summed E-state index contributed by atoms with van der Waals surface area (Å²) in [5.74, 6) is -3.82. The highest BCUT2D eigenvalue weighted by atomic mass is 16.7. The van der Waals surface area contributed by atoms with Crippen molar-refractivity contribution in [1.29, 1.82) is 0 Å². The number of hydrogen-bond donors (Lipinski definition) is 4. The van der Waals surface area contributed by atoms with Gasteiger partial charge < -0.3 is 44.7 Å². The number of hydroxylamine groups is 2. The van der Waals surface area contributed by atoms with Crippen molar-refractivity contribution in [2.45, 2.75) is 111 Å². The van der Waals surface area contributed by atoms with Gasteiger partial charge in [0.1, 0.15) is 30.8 Å². The SMILES string of the molecule is CCCCC[C@@H](C(=O)NCNC(=O)c1ccc(-c2ccc(C(=O)N[C@@H](CC(=O)OCc3ccccc3)C(=O)OCc3ccccc3)c(OCC)c2)o1)[C@@H](CC)N(C=O)OC(=O)NC(C)(C)C. The molecule has 0 unspecified atom stereocenters. The zero-order chi connectivity index (χ0) is 48.1. The lowest BCUT2D eigenvalue weighted by Crippen LogP contribution is -2.51. The molecule has 0 radical (unpaired) electrons. The second-order valence-electron chi connectivity index (χ2n) is 16.3. The number of ether oxygens (including phenoxy) is 3. The average molecular weight is 912 g/mol. The number of unbranched alkanes of at least 4 members (excludes halogenated alkanes) is 2. The molecular formula is C49H61N5O12. The number of carbonyl (C=O) groups is 7. The number of carbonyl (C=O) groups excluding carboxylic acids is 7. The van der Waals surface area contributed by atoms with E-state index in [1.165, 1.54) is 18.2 Å². The summed E-state index contributed by atoms with van der Waals surface area (Å²) in [6.07, 6.45) is 2.17. The molecule has 4 rings (SSSR count). The fourth-order valence-corrected chi connectivity index (χ4v) is 6.75. The first-order valence-electron chi connectivity index (χ1n) is 22.0. The molecular weight excluding hydrogens is 851 g/mol. The lowest BCUT2D eigenvalue weighted by atomic mass is 9.90. The van der Waals surface area contributed by atoms with Crippen molar-refractivity contribution in [3.05, 3.63) is 113 Å². The van der Waals surface area contributed by atoms with Crippen LogP contribution >= 0.6 is 0 Å². The number of nitrogens with zero attached hydrogens (tertiary/aromatic N) is 1. The third kappa shape index (κ3) is 16.4. The highest BCUT2D eigenvalue weighted by molar-refractivity contribution is 6.00. The highest BCUT2D eigenvalue weighted by Crippen LogP contribution is 2.30. The number of benzene rings is 3. The average Bonchev–Trinajstić information content (AvgIpc) is 3.80. The summed E-state index contributed by atoms with van der Waals surface area (Å²) >= 11 is 0. The maximum atomic E-state index is 13.8. The molecule has 0 saturated carbocycles. The largest absolute Gasteiger partial charge is 0.493 e. The molecule has 3 aromatic carbocycles. The minimum atomic E-state index is -1.40. The van der Waals surface area contributed by atoms with Gasteiger partial charge in [0.05, 0.1) is 37.2 Å². The second-order valence-corrected chi connectivity index (χ2v) is 16.3. The Morgan fingerprint density at radius 3 is 2.06 bits per heavy atom. The van der Waals surface area contributed by atoms with Crippen LogP contribution in [0.15, 0.2) is 95.4 Å². The Balaban J connectivity index is 1.43. The van der Waals surface area contributed by atoms with E-state index in [0.717, 1.165) is 23.5 Å². The van der Waals surface area contributed by atoms with E-state index in [-0.39, 0.29) is 49.3 Å². The molecule has 66 heavy (non-hydrogen) atoms. The summed E-state index contributed by atoms with van der Waals surface area (Å²) in [7, 11) is 0. The van der Waals surface area contributed by atoms with Crippen molar-refractivity contribution in [2.24, 2.45) is 5.92 Å². The summed E-state index contributed by atoms with van der Waals surface area (Å²) in [5.41, 5.74) is 1.34. The van der Waals surface area contributed by atoms with Gasteiger partial charge in [-0.15, -0.1) is 0 Å². The number of rotatable bonds is 25. The summed E-state index contributed by atoms with van der Waals surface area (Å²) in [4.78, 5) is 96.8. The zero-order valence-corrected chi connectivity index (χ0v) is 38.4. The minimum Gasteiger partial charge on any atom is -0.493 e. The Kier molecular flexibility index (Phi) is 20.2. The van der Waals surface area contributed by atoms with Crippen molar-refractivity contribution in [3.8, 4) is 17.1 Å². The Labute approximate surface area is 385 Å². The number of nitrogens with one attached hydrogen (secondary N) is 4. The molecule has 3 atom stereocenters. The Morgan fingerprint density at radius 1 is 0.788 bits per heavy atom.